The SMILES string of the molecule is O=Nc1cc(/N=N/c2ncnc3[nH]cnc23)c(O)cc1O. The summed E-state index contributed by atoms with van der Waals surface area (Å²) in [5.74, 6) is -0.608. The molecule has 0 saturated heterocycles. The number of azo groups is 1. The number of nitrogens with zero attached hydrogens (tertiary/aromatic N) is 6. The quantitative estimate of drug-likeness (QED) is 0.497. The van der Waals surface area contributed by atoms with E-state index in [0.29, 0.717) is 11.2 Å². The molecule has 0 unspecified atom stereocenters. The number of rotatable bonds is 3. The number of phenolic OH excluding ortho intramolecular Hbond substituents is 2. The normalized spacial score (nSPS) is 11.2. The molecule has 0 bridgehead atoms. The van der Waals surface area contributed by atoms with Crippen LogP contribution in [0.25, 0.3) is 11.2 Å². The summed E-state index contributed by atoms with van der Waals surface area (Å²) in [4.78, 5) is 25.2. The zero-order valence-electron chi connectivity index (χ0n) is 10.3. The zero-order valence-corrected chi connectivity index (χ0v) is 10.3. The topological polar surface area (TPSA) is 149 Å². The lowest BCUT2D eigenvalue weighted by Gasteiger charge is -2.00. The molecular weight excluding hydrogens is 278 g/mol. The van der Waals surface area contributed by atoms with Crippen molar-refractivity contribution in [2.75, 3.05) is 0 Å². The van der Waals surface area contributed by atoms with Crippen LogP contribution in [0.3, 0.4) is 0 Å². The first kappa shape index (κ1) is 12.6. The second-order valence-electron chi connectivity index (χ2n) is 3.92. The van der Waals surface area contributed by atoms with Crippen LogP contribution in [0.1, 0.15) is 0 Å². The minimum Gasteiger partial charge on any atom is -0.505 e. The molecule has 3 rings (SSSR count). The van der Waals surface area contributed by atoms with Crippen molar-refractivity contribution in [3.05, 3.63) is 29.7 Å². The predicted octanol–water partition coefficient (Wildman–Crippen LogP) is 2.58. The molecule has 0 amide bonds. The van der Waals surface area contributed by atoms with E-state index in [-0.39, 0.29) is 22.9 Å². The Balaban J connectivity index is 2.03. The zero-order chi connectivity index (χ0) is 14.8. The van der Waals surface area contributed by atoms with E-state index in [1.807, 2.05) is 0 Å². The smallest absolute Gasteiger partial charge is 0.205 e. The highest BCUT2D eigenvalue weighted by Crippen LogP contribution is 2.38. The number of hydrogen-bond acceptors (Lipinski definition) is 9. The van der Waals surface area contributed by atoms with E-state index in [9.17, 15) is 15.1 Å². The number of imidazole rings is 1. The lowest BCUT2D eigenvalue weighted by atomic mass is 10.2. The Morgan fingerprint density at radius 2 is 1.81 bits per heavy atom. The first-order valence-electron chi connectivity index (χ1n) is 5.64. The first-order chi connectivity index (χ1) is 10.2. The van der Waals surface area contributed by atoms with Gasteiger partial charge in [0.05, 0.1) is 6.33 Å². The van der Waals surface area contributed by atoms with Crippen molar-refractivity contribution in [3.8, 4) is 11.5 Å². The fourth-order valence-corrected chi connectivity index (χ4v) is 1.63. The van der Waals surface area contributed by atoms with Crippen LogP contribution in [0, 0.1) is 4.91 Å². The van der Waals surface area contributed by atoms with Crippen molar-refractivity contribution in [1.82, 2.24) is 19.9 Å². The number of nitroso groups, excluding NO2 is 1. The van der Waals surface area contributed by atoms with Gasteiger partial charge in [-0.25, -0.2) is 15.0 Å². The molecular formula is C11H7N7O3. The Hall–Kier alpha value is -3.43. The molecule has 104 valence electrons. The second kappa shape index (κ2) is 4.92. The van der Waals surface area contributed by atoms with Gasteiger partial charge in [-0.05, 0) is 5.18 Å². The molecule has 0 aliphatic heterocycles. The number of nitrogens with one attached hydrogen (secondary N) is 1. The Kier molecular flexibility index (Phi) is 2.95. The van der Waals surface area contributed by atoms with Crippen LogP contribution < -0.4 is 0 Å². The summed E-state index contributed by atoms with van der Waals surface area (Å²) >= 11 is 0. The van der Waals surface area contributed by atoms with Gasteiger partial charge in [0.25, 0.3) is 0 Å². The Morgan fingerprint density at radius 3 is 2.62 bits per heavy atom. The van der Waals surface area contributed by atoms with Gasteiger partial charge in [0.1, 0.15) is 23.5 Å². The molecule has 3 aromatic rings. The largest absolute Gasteiger partial charge is 0.505 e. The minimum absolute atomic E-state index is 0.0373. The van der Waals surface area contributed by atoms with Crippen LogP contribution in [-0.2, 0) is 0 Å². The Bertz CT molecular complexity index is 858. The molecule has 0 atom stereocenters. The van der Waals surface area contributed by atoms with Crippen LogP contribution in [0.5, 0.6) is 11.5 Å². The van der Waals surface area contributed by atoms with Gasteiger partial charge in [-0.15, -0.1) is 15.1 Å². The third-order valence-electron chi connectivity index (χ3n) is 2.62. The molecule has 0 radical (unpaired) electrons. The number of aromatic nitrogens is 4. The summed E-state index contributed by atoms with van der Waals surface area (Å²) in [6.07, 6.45) is 2.72. The molecule has 21 heavy (non-hydrogen) atoms. The van der Waals surface area contributed by atoms with Gasteiger partial charge in [-0.1, -0.05) is 0 Å². The Labute approximate surface area is 116 Å². The molecule has 2 aromatic heterocycles. The predicted molar refractivity (Wildman–Crippen MR) is 71.1 cm³/mol. The van der Waals surface area contributed by atoms with Crippen LogP contribution in [0.4, 0.5) is 17.2 Å². The molecule has 2 heterocycles. The number of benzene rings is 1. The number of hydrogen-bond donors (Lipinski definition) is 3. The van der Waals surface area contributed by atoms with E-state index >= 15 is 0 Å². The highest BCUT2D eigenvalue weighted by atomic mass is 16.3. The van der Waals surface area contributed by atoms with E-state index in [4.69, 9.17) is 0 Å². The molecule has 1 aromatic carbocycles. The second-order valence-corrected chi connectivity index (χ2v) is 3.92. The van der Waals surface area contributed by atoms with Crippen molar-refractivity contribution in [1.29, 1.82) is 0 Å². The van der Waals surface area contributed by atoms with Crippen molar-refractivity contribution in [3.63, 3.8) is 0 Å². The molecule has 0 saturated carbocycles. The van der Waals surface area contributed by atoms with E-state index in [2.05, 4.69) is 35.3 Å². The molecule has 10 nitrogen and oxygen atoms in total. The molecule has 3 N–H and O–H groups in total. The number of H-pyrrole nitrogens is 1. The van der Waals surface area contributed by atoms with E-state index < -0.39 is 5.75 Å². The summed E-state index contributed by atoms with van der Waals surface area (Å²) in [6, 6.07) is 2.05. The summed E-state index contributed by atoms with van der Waals surface area (Å²) in [6.45, 7) is 0. The van der Waals surface area contributed by atoms with Gasteiger partial charge in [0.2, 0.25) is 5.82 Å². The summed E-state index contributed by atoms with van der Waals surface area (Å²) < 4.78 is 0. The lowest BCUT2D eigenvalue weighted by molar-refractivity contribution is 0.452. The number of aromatic amines is 1. The highest BCUT2D eigenvalue weighted by Gasteiger charge is 2.10. The summed E-state index contributed by atoms with van der Waals surface area (Å²) in [5, 5.41) is 29.2. The fraction of sp³-hybridized carbons (Fsp3) is 0. The standard InChI is InChI=1S/C11H7N7O3/c19-7-2-8(20)6(18-21)1-5(7)16-17-11-9-10(13-3-12-9)14-4-15-11/h1-4,19-20H,(H,12,13,14,15)/b17-16+. The van der Waals surface area contributed by atoms with Crippen molar-refractivity contribution in [2.45, 2.75) is 0 Å². The van der Waals surface area contributed by atoms with E-state index in [1.54, 1.807) is 0 Å². The summed E-state index contributed by atoms with van der Waals surface area (Å²) in [7, 11) is 0. The maximum absolute atomic E-state index is 10.5. The van der Waals surface area contributed by atoms with Gasteiger partial charge in [0, 0.05) is 12.1 Å². The van der Waals surface area contributed by atoms with Crippen molar-refractivity contribution in [2.24, 2.45) is 15.4 Å². The van der Waals surface area contributed by atoms with Crippen molar-refractivity contribution < 1.29 is 10.2 Å². The molecule has 0 fully saturated rings. The third kappa shape index (κ3) is 2.25. The van der Waals surface area contributed by atoms with E-state index in [1.165, 1.54) is 12.7 Å². The average molecular weight is 285 g/mol. The third-order valence-corrected chi connectivity index (χ3v) is 2.62. The molecule has 0 aliphatic carbocycles. The van der Waals surface area contributed by atoms with Crippen LogP contribution in [-0.4, -0.2) is 30.1 Å². The van der Waals surface area contributed by atoms with Crippen LogP contribution in [0.15, 0.2) is 40.2 Å². The summed E-state index contributed by atoms with van der Waals surface area (Å²) in [5.41, 5.74) is 0.608. The Morgan fingerprint density at radius 1 is 1.00 bits per heavy atom. The maximum Gasteiger partial charge on any atom is 0.205 e. The molecule has 0 spiro atoms. The highest BCUT2D eigenvalue weighted by molar-refractivity contribution is 5.80. The minimum atomic E-state index is -0.446. The van der Waals surface area contributed by atoms with E-state index in [0.717, 1.165) is 12.1 Å². The number of phenols is 2. The van der Waals surface area contributed by atoms with Gasteiger partial charge >= 0.3 is 0 Å². The monoisotopic (exact) mass is 285 g/mol. The van der Waals surface area contributed by atoms with Crippen LogP contribution >= 0.6 is 0 Å². The first-order valence-corrected chi connectivity index (χ1v) is 5.64. The number of fused-ring (bicyclic) bond motifs is 1. The maximum atomic E-state index is 10.5. The van der Waals surface area contributed by atoms with Gasteiger partial charge < -0.3 is 15.2 Å². The van der Waals surface area contributed by atoms with Gasteiger partial charge in [-0.3, -0.25) is 0 Å². The average Bonchev–Trinajstić information content (AvgIpc) is 2.95. The van der Waals surface area contributed by atoms with Gasteiger partial charge in [0.15, 0.2) is 16.9 Å². The van der Waals surface area contributed by atoms with Gasteiger partial charge in [-0.2, -0.15) is 0 Å². The molecule has 10 heteroatoms. The van der Waals surface area contributed by atoms with Crippen LogP contribution in [0.2, 0.25) is 0 Å². The fourth-order valence-electron chi connectivity index (χ4n) is 1.63. The number of aromatic hydroxyl groups is 2. The molecule has 0 aliphatic rings. The lowest BCUT2D eigenvalue weighted by Crippen LogP contribution is -1.81. The van der Waals surface area contributed by atoms with Crippen molar-refractivity contribution >= 4 is 28.4 Å².